The molecule has 4 aliphatic rings. The Bertz CT molecular complexity index is 977. The van der Waals surface area contributed by atoms with Crippen molar-refractivity contribution in [2.24, 2.45) is 51.4 Å². The van der Waals surface area contributed by atoms with E-state index in [0.717, 1.165) is 54.2 Å². The molecule has 1 aromatic carbocycles. The Kier molecular flexibility index (Phi) is 7.73. The van der Waals surface area contributed by atoms with Gasteiger partial charge in [0.25, 0.3) is 0 Å². The maximum absolute atomic E-state index is 12.5. The van der Waals surface area contributed by atoms with E-state index in [2.05, 4.69) is 31.3 Å². The van der Waals surface area contributed by atoms with Crippen molar-refractivity contribution in [3.63, 3.8) is 0 Å². The number of ether oxygens (including phenoxy) is 1. The second-order valence-corrected chi connectivity index (χ2v) is 13.4. The van der Waals surface area contributed by atoms with Crippen LogP contribution in [0.2, 0.25) is 0 Å². The molecule has 0 radical (unpaired) electrons. The van der Waals surface area contributed by atoms with E-state index in [4.69, 9.17) is 4.74 Å². The van der Waals surface area contributed by atoms with Crippen molar-refractivity contribution in [1.82, 2.24) is 5.43 Å². The number of nitrogens with one attached hydrogen (secondary N) is 1. The Labute approximate surface area is 223 Å². The lowest BCUT2D eigenvalue weighted by Crippen LogP contribution is -2.54. The number of benzene rings is 1. The summed E-state index contributed by atoms with van der Waals surface area (Å²) in [6.07, 6.45) is 14.4. The quantitative estimate of drug-likeness (QED) is 0.323. The first-order chi connectivity index (χ1) is 17.7. The Morgan fingerprint density at radius 1 is 1.08 bits per heavy atom. The van der Waals surface area contributed by atoms with Gasteiger partial charge in [0.1, 0.15) is 5.75 Å². The van der Waals surface area contributed by atoms with Gasteiger partial charge >= 0.3 is 0 Å². The smallest absolute Gasteiger partial charge is 0.240 e. The number of hydrazone groups is 1. The molecule has 9 atom stereocenters. The monoisotopic (exact) mass is 508 g/mol. The van der Waals surface area contributed by atoms with Gasteiger partial charge in [0.15, 0.2) is 0 Å². The highest BCUT2D eigenvalue weighted by atomic mass is 16.5. The van der Waals surface area contributed by atoms with E-state index in [1.165, 1.54) is 44.9 Å². The highest BCUT2D eigenvalue weighted by molar-refractivity contribution is 5.82. The van der Waals surface area contributed by atoms with Gasteiger partial charge in [-0.3, -0.25) is 4.79 Å². The molecule has 0 bridgehead atoms. The summed E-state index contributed by atoms with van der Waals surface area (Å²) in [6.45, 7) is 7.56. The van der Waals surface area contributed by atoms with Crippen LogP contribution in [-0.4, -0.2) is 30.4 Å². The van der Waals surface area contributed by atoms with Crippen LogP contribution in [0.5, 0.6) is 5.75 Å². The SMILES string of the molecule is COc1ccc(/C=N/NC(=O)CC[C@@H](C)[C@H]2CC[C@H]3[C@@H]4CC[C@@H]5C[C@H](O)CC[C@]5(C)[C@H]4CC[C@]23C)cc1. The van der Waals surface area contributed by atoms with E-state index in [1.54, 1.807) is 13.3 Å². The molecule has 204 valence electrons. The van der Waals surface area contributed by atoms with Crippen molar-refractivity contribution in [1.29, 1.82) is 0 Å². The molecule has 0 aromatic heterocycles. The molecule has 0 saturated heterocycles. The number of aliphatic hydroxyl groups excluding tert-OH is 1. The molecule has 2 N–H and O–H groups in total. The molecular formula is C32H48N2O3. The summed E-state index contributed by atoms with van der Waals surface area (Å²) >= 11 is 0. The fourth-order valence-electron chi connectivity index (χ4n) is 9.70. The molecule has 0 spiro atoms. The first-order valence-electron chi connectivity index (χ1n) is 14.9. The first kappa shape index (κ1) is 26.7. The Balaban J connectivity index is 1.15. The summed E-state index contributed by atoms with van der Waals surface area (Å²) in [5.74, 6) is 5.36. The molecule has 5 rings (SSSR count). The summed E-state index contributed by atoms with van der Waals surface area (Å²) in [4.78, 5) is 12.5. The summed E-state index contributed by atoms with van der Waals surface area (Å²) in [5, 5.41) is 14.5. The maximum Gasteiger partial charge on any atom is 0.240 e. The van der Waals surface area contributed by atoms with Crippen molar-refractivity contribution in [2.45, 2.75) is 97.5 Å². The van der Waals surface area contributed by atoms with Crippen molar-refractivity contribution in [2.75, 3.05) is 7.11 Å². The van der Waals surface area contributed by atoms with E-state index < -0.39 is 0 Å². The molecule has 1 aromatic rings. The summed E-state index contributed by atoms with van der Waals surface area (Å²) < 4.78 is 5.18. The minimum absolute atomic E-state index is 0.00533. The summed E-state index contributed by atoms with van der Waals surface area (Å²) in [6, 6.07) is 7.62. The largest absolute Gasteiger partial charge is 0.497 e. The average Bonchev–Trinajstić information content (AvgIpc) is 3.25. The van der Waals surface area contributed by atoms with E-state index in [-0.39, 0.29) is 12.0 Å². The number of rotatable bonds is 7. The van der Waals surface area contributed by atoms with Gasteiger partial charge in [-0.05, 0) is 140 Å². The molecule has 0 heterocycles. The fourth-order valence-corrected chi connectivity index (χ4v) is 9.70. The van der Waals surface area contributed by atoms with Crippen LogP contribution in [-0.2, 0) is 4.79 Å². The molecule has 37 heavy (non-hydrogen) atoms. The van der Waals surface area contributed by atoms with Crippen molar-refractivity contribution in [3.05, 3.63) is 29.8 Å². The van der Waals surface area contributed by atoms with Crippen LogP contribution in [0, 0.1) is 46.3 Å². The van der Waals surface area contributed by atoms with Gasteiger partial charge < -0.3 is 9.84 Å². The Hall–Kier alpha value is -1.88. The van der Waals surface area contributed by atoms with Gasteiger partial charge in [0.05, 0.1) is 19.4 Å². The van der Waals surface area contributed by atoms with Crippen LogP contribution in [0.4, 0.5) is 0 Å². The minimum atomic E-state index is -0.0643. The van der Waals surface area contributed by atoms with E-state index in [0.29, 0.717) is 29.1 Å². The van der Waals surface area contributed by atoms with Crippen molar-refractivity contribution < 1.29 is 14.6 Å². The molecule has 5 nitrogen and oxygen atoms in total. The molecule has 1 amide bonds. The first-order valence-corrected chi connectivity index (χ1v) is 14.9. The van der Waals surface area contributed by atoms with Crippen molar-refractivity contribution in [3.8, 4) is 5.75 Å². The second kappa shape index (κ2) is 10.7. The van der Waals surface area contributed by atoms with Gasteiger partial charge in [-0.25, -0.2) is 5.43 Å². The van der Waals surface area contributed by atoms with Crippen LogP contribution in [0.3, 0.4) is 0 Å². The molecule has 0 aliphatic heterocycles. The van der Waals surface area contributed by atoms with E-state index >= 15 is 0 Å². The van der Waals surface area contributed by atoms with Crippen LogP contribution in [0.25, 0.3) is 0 Å². The minimum Gasteiger partial charge on any atom is -0.497 e. The normalized spacial score (nSPS) is 39.9. The van der Waals surface area contributed by atoms with Gasteiger partial charge in [-0.1, -0.05) is 20.8 Å². The van der Waals surface area contributed by atoms with Crippen LogP contribution in [0.1, 0.15) is 97.0 Å². The standard InChI is InChI=1S/C32H48N2O3/c1-21(5-14-30(36)34-33-20-22-6-9-25(37-4)10-7-22)27-12-13-28-26-11-8-23-19-24(35)15-17-31(23,2)29(26)16-18-32(27,28)3/h6-7,9-10,20-21,23-24,26-29,35H,5,8,11-19H2,1-4H3,(H,34,36)/b33-20+/t21-,23-,24-,26+,27-,28+,29+,31+,32-/m1/s1. The number of carbonyl (C=O) groups is 1. The molecule has 0 unspecified atom stereocenters. The van der Waals surface area contributed by atoms with Gasteiger partial charge in [-0.2, -0.15) is 5.10 Å². The van der Waals surface area contributed by atoms with Crippen LogP contribution >= 0.6 is 0 Å². The van der Waals surface area contributed by atoms with Gasteiger partial charge in [0.2, 0.25) is 5.91 Å². The maximum atomic E-state index is 12.5. The molecule has 4 aliphatic carbocycles. The molecule has 4 saturated carbocycles. The number of aliphatic hydroxyl groups is 1. The third-order valence-electron chi connectivity index (χ3n) is 11.7. The summed E-state index contributed by atoms with van der Waals surface area (Å²) in [5.41, 5.74) is 4.52. The predicted molar refractivity (Wildman–Crippen MR) is 148 cm³/mol. The third kappa shape index (κ3) is 5.10. The van der Waals surface area contributed by atoms with Crippen molar-refractivity contribution >= 4 is 12.1 Å². The number of fused-ring (bicyclic) bond motifs is 5. The lowest BCUT2D eigenvalue weighted by Gasteiger charge is -2.61. The topological polar surface area (TPSA) is 70.9 Å². The number of hydrogen-bond donors (Lipinski definition) is 2. The predicted octanol–water partition coefficient (Wildman–Crippen LogP) is 6.58. The zero-order chi connectivity index (χ0) is 26.2. The van der Waals surface area contributed by atoms with Crippen LogP contribution in [0.15, 0.2) is 29.4 Å². The third-order valence-corrected chi connectivity index (χ3v) is 11.7. The highest BCUT2D eigenvalue weighted by Gasteiger charge is 2.60. The fraction of sp³-hybridized carbons (Fsp3) is 0.750. The van der Waals surface area contributed by atoms with Gasteiger partial charge in [-0.15, -0.1) is 0 Å². The lowest BCUT2D eigenvalue weighted by molar-refractivity contribution is -0.129. The molecule has 5 heteroatoms. The number of methoxy groups -OCH3 is 1. The molecular weight excluding hydrogens is 460 g/mol. The number of amides is 1. The number of carbonyl (C=O) groups excluding carboxylic acids is 1. The molecule has 4 fully saturated rings. The van der Waals surface area contributed by atoms with E-state index in [1.807, 2.05) is 24.3 Å². The number of nitrogens with zero attached hydrogens (tertiary/aromatic N) is 1. The second-order valence-electron chi connectivity index (χ2n) is 13.4. The lowest BCUT2D eigenvalue weighted by atomic mass is 9.44. The summed E-state index contributed by atoms with van der Waals surface area (Å²) in [7, 11) is 1.65. The van der Waals surface area contributed by atoms with Gasteiger partial charge in [0, 0.05) is 6.42 Å². The number of hydrogen-bond acceptors (Lipinski definition) is 4. The zero-order valence-corrected chi connectivity index (χ0v) is 23.4. The highest BCUT2D eigenvalue weighted by Crippen LogP contribution is 2.68. The Morgan fingerprint density at radius 3 is 2.57 bits per heavy atom. The Morgan fingerprint density at radius 2 is 1.81 bits per heavy atom. The average molecular weight is 509 g/mol. The zero-order valence-electron chi connectivity index (χ0n) is 23.4. The van der Waals surface area contributed by atoms with Crippen LogP contribution < -0.4 is 10.2 Å². The van der Waals surface area contributed by atoms with E-state index in [9.17, 15) is 9.90 Å².